The predicted molar refractivity (Wildman–Crippen MR) is 108 cm³/mol. The number of rotatable bonds is 5. The van der Waals surface area contributed by atoms with Gasteiger partial charge < -0.3 is 14.7 Å². The van der Waals surface area contributed by atoms with Crippen molar-refractivity contribution in [3.8, 4) is 5.75 Å². The van der Waals surface area contributed by atoms with Crippen LogP contribution >= 0.6 is 0 Å². The number of aliphatic hydroxyl groups excluding tert-OH is 1. The van der Waals surface area contributed by atoms with Crippen LogP contribution in [0, 0.1) is 6.92 Å². The molecule has 1 fully saturated rings. The number of anilines is 1. The fraction of sp³-hybridized carbons (Fsp3) is 0.429. The average Bonchev–Trinajstić information content (AvgIpc) is 2.97. The molecule has 5 heteroatoms. The van der Waals surface area contributed by atoms with Crippen molar-refractivity contribution in [2.45, 2.75) is 51.2 Å². The van der Waals surface area contributed by atoms with E-state index in [1.54, 1.807) is 6.92 Å². The molecule has 0 bridgehead atoms. The number of ether oxygens (including phenoxy) is 1. The first-order chi connectivity index (χ1) is 12.3. The van der Waals surface area contributed by atoms with Crippen LogP contribution in [0.4, 0.5) is 5.69 Å². The highest BCUT2D eigenvalue weighted by molar-refractivity contribution is 6.38. The molecule has 2 atom stereocenters. The van der Waals surface area contributed by atoms with Gasteiger partial charge in [0, 0.05) is 17.6 Å². The van der Waals surface area contributed by atoms with Gasteiger partial charge >= 0.3 is 0 Å². The van der Waals surface area contributed by atoms with Gasteiger partial charge in [-0.15, -0.1) is 0 Å². The van der Waals surface area contributed by atoms with Crippen molar-refractivity contribution < 1.29 is 9.84 Å². The largest absolute Gasteiger partial charge is 0.507 e. The molecule has 3 nitrogen and oxygen atoms in total. The van der Waals surface area contributed by atoms with Gasteiger partial charge in [0.2, 0.25) is 0 Å². The molecule has 0 aliphatic carbocycles. The van der Waals surface area contributed by atoms with Crippen molar-refractivity contribution in [2.75, 3.05) is 11.4 Å². The van der Waals surface area contributed by atoms with Crippen molar-refractivity contribution in [3.05, 3.63) is 59.2 Å². The Labute approximate surface area is 159 Å². The van der Waals surface area contributed by atoms with Crippen LogP contribution in [0.2, 0.25) is 0 Å². The maximum Gasteiger partial charge on any atom is 0.120 e. The monoisotopic (exact) mass is 345 g/mol. The quantitative estimate of drug-likeness (QED) is 0.845. The van der Waals surface area contributed by atoms with E-state index in [1.165, 1.54) is 5.56 Å². The normalized spacial score (nSPS) is 20.4. The summed E-state index contributed by atoms with van der Waals surface area (Å²) in [6.45, 7) is 6.56. The zero-order valence-electron chi connectivity index (χ0n) is 15.8. The Bertz CT molecular complexity index is 756. The number of nitrogens with zero attached hydrogens (tertiary/aromatic N) is 1. The summed E-state index contributed by atoms with van der Waals surface area (Å²) < 4.78 is 5.69. The van der Waals surface area contributed by atoms with Crippen LogP contribution in [0.5, 0.6) is 5.75 Å². The highest BCUT2D eigenvalue weighted by Crippen LogP contribution is 2.40. The molecule has 0 saturated carbocycles. The van der Waals surface area contributed by atoms with Crippen molar-refractivity contribution in [2.24, 2.45) is 0 Å². The SMILES string of the molecule is [B]C([B])(C)Oc1cccc(C2[C@H](O)CCN2c2ccc(CC)cc2)c1C. The highest BCUT2D eigenvalue weighted by atomic mass is 16.5. The molecule has 132 valence electrons. The van der Waals surface area contributed by atoms with Gasteiger partial charge in [-0.1, -0.05) is 31.2 Å². The number of aliphatic hydroxyl groups is 1. The lowest BCUT2D eigenvalue weighted by Gasteiger charge is -2.31. The van der Waals surface area contributed by atoms with Gasteiger partial charge in [-0.05, 0) is 61.6 Å². The molecule has 2 aromatic rings. The number of benzene rings is 2. The maximum absolute atomic E-state index is 10.7. The van der Waals surface area contributed by atoms with E-state index in [0.717, 1.165) is 36.2 Å². The molecule has 1 aliphatic heterocycles. The minimum Gasteiger partial charge on any atom is -0.507 e. The Morgan fingerprint density at radius 1 is 1.19 bits per heavy atom. The molecule has 1 heterocycles. The molecular formula is C21H25B2NO2. The number of hydrogen-bond donors (Lipinski definition) is 1. The molecule has 1 aliphatic rings. The lowest BCUT2D eigenvalue weighted by atomic mass is 9.67. The van der Waals surface area contributed by atoms with Crippen molar-refractivity contribution in [3.63, 3.8) is 0 Å². The molecule has 4 radical (unpaired) electrons. The molecule has 0 amide bonds. The third-order valence-electron chi connectivity index (χ3n) is 5.02. The molecule has 0 aromatic heterocycles. The molecule has 1 unspecified atom stereocenters. The van der Waals surface area contributed by atoms with E-state index < -0.39 is 11.5 Å². The van der Waals surface area contributed by atoms with Crippen LogP contribution in [0.1, 0.15) is 43.0 Å². The summed E-state index contributed by atoms with van der Waals surface area (Å²) in [4.78, 5) is 2.26. The Morgan fingerprint density at radius 2 is 1.88 bits per heavy atom. The second-order valence-corrected chi connectivity index (χ2v) is 7.27. The Balaban J connectivity index is 1.96. The van der Waals surface area contributed by atoms with Crippen LogP contribution in [0.25, 0.3) is 0 Å². The summed E-state index contributed by atoms with van der Waals surface area (Å²) in [6, 6.07) is 14.3. The Morgan fingerprint density at radius 3 is 2.50 bits per heavy atom. The van der Waals surface area contributed by atoms with Gasteiger partial charge in [-0.2, -0.15) is 0 Å². The fourth-order valence-electron chi connectivity index (χ4n) is 3.66. The second-order valence-electron chi connectivity index (χ2n) is 7.27. The van der Waals surface area contributed by atoms with E-state index in [0.29, 0.717) is 5.75 Å². The summed E-state index contributed by atoms with van der Waals surface area (Å²) in [6.07, 6.45) is 1.31. The van der Waals surface area contributed by atoms with Crippen LogP contribution in [0.3, 0.4) is 0 Å². The van der Waals surface area contributed by atoms with Gasteiger partial charge in [0.25, 0.3) is 0 Å². The van der Waals surface area contributed by atoms with Crippen LogP contribution < -0.4 is 9.64 Å². The maximum atomic E-state index is 10.7. The average molecular weight is 345 g/mol. The van der Waals surface area contributed by atoms with E-state index in [4.69, 9.17) is 20.4 Å². The smallest absolute Gasteiger partial charge is 0.120 e. The van der Waals surface area contributed by atoms with E-state index in [9.17, 15) is 5.11 Å². The summed E-state index contributed by atoms with van der Waals surface area (Å²) in [5, 5.41) is 9.45. The van der Waals surface area contributed by atoms with Crippen LogP contribution in [0.15, 0.2) is 42.5 Å². The van der Waals surface area contributed by atoms with Gasteiger partial charge in [0.05, 0.1) is 12.1 Å². The first kappa shape index (κ1) is 18.9. The minimum atomic E-state index is -1.24. The van der Waals surface area contributed by atoms with Crippen molar-refractivity contribution in [1.82, 2.24) is 0 Å². The molecule has 1 N–H and O–H groups in total. The molecule has 26 heavy (non-hydrogen) atoms. The van der Waals surface area contributed by atoms with Gasteiger partial charge in [-0.3, -0.25) is 0 Å². The summed E-state index contributed by atoms with van der Waals surface area (Å²) >= 11 is 0. The zero-order valence-corrected chi connectivity index (χ0v) is 15.8. The van der Waals surface area contributed by atoms with Gasteiger partial charge in [0.1, 0.15) is 21.4 Å². The molecule has 1 saturated heterocycles. The number of aryl methyl sites for hydroxylation is 1. The lowest BCUT2D eigenvalue weighted by Crippen LogP contribution is -2.33. The van der Waals surface area contributed by atoms with Crippen molar-refractivity contribution >= 4 is 21.4 Å². The zero-order chi connectivity index (χ0) is 18.9. The third kappa shape index (κ3) is 3.93. The minimum absolute atomic E-state index is 0.118. The highest BCUT2D eigenvalue weighted by Gasteiger charge is 2.35. The Kier molecular flexibility index (Phi) is 5.38. The standard InChI is InChI=1S/C21H25B2NO2/c1-4-15-8-10-16(11-9-15)24-13-12-18(25)20(24)17-6-5-7-19(14(17)2)26-21(3,22)23/h5-11,18,20,25H,4,12-13H2,1-3H3/t18-,20?/m1/s1. The first-order valence-corrected chi connectivity index (χ1v) is 9.20. The van der Waals surface area contributed by atoms with E-state index in [1.807, 2.05) is 25.1 Å². The third-order valence-corrected chi connectivity index (χ3v) is 5.02. The Hall–Kier alpha value is -1.87. The summed E-state index contributed by atoms with van der Waals surface area (Å²) in [5.41, 5.74) is 4.42. The van der Waals surface area contributed by atoms with E-state index in [2.05, 4.69) is 36.1 Å². The summed E-state index contributed by atoms with van der Waals surface area (Å²) in [5.74, 6) is 0.649. The van der Waals surface area contributed by atoms with E-state index in [-0.39, 0.29) is 6.04 Å². The van der Waals surface area contributed by atoms with Crippen LogP contribution in [-0.4, -0.2) is 38.8 Å². The fourth-order valence-corrected chi connectivity index (χ4v) is 3.66. The topological polar surface area (TPSA) is 32.7 Å². The van der Waals surface area contributed by atoms with E-state index >= 15 is 0 Å². The molecule has 2 aromatic carbocycles. The molecular weight excluding hydrogens is 320 g/mol. The lowest BCUT2D eigenvalue weighted by molar-refractivity contribution is 0.164. The van der Waals surface area contributed by atoms with Crippen LogP contribution in [-0.2, 0) is 6.42 Å². The number of hydrogen-bond acceptors (Lipinski definition) is 3. The predicted octanol–water partition coefficient (Wildman–Crippen LogP) is 3.26. The van der Waals surface area contributed by atoms with Crippen molar-refractivity contribution in [1.29, 1.82) is 0 Å². The molecule has 3 rings (SSSR count). The summed E-state index contributed by atoms with van der Waals surface area (Å²) in [7, 11) is 11.6. The second kappa shape index (κ2) is 7.40. The molecule has 0 spiro atoms. The van der Waals surface area contributed by atoms with Gasteiger partial charge in [-0.25, -0.2) is 0 Å². The van der Waals surface area contributed by atoms with Gasteiger partial charge in [0.15, 0.2) is 0 Å². The first-order valence-electron chi connectivity index (χ1n) is 9.20.